The lowest BCUT2D eigenvalue weighted by Gasteiger charge is -2.29. The first-order valence-electron chi connectivity index (χ1n) is 10.9. The molecule has 2 aromatic rings. The third kappa shape index (κ3) is 8.09. The van der Waals surface area contributed by atoms with E-state index in [1.165, 1.54) is 12.1 Å². The van der Waals surface area contributed by atoms with Crippen LogP contribution in [0, 0.1) is 5.82 Å². The summed E-state index contributed by atoms with van der Waals surface area (Å²) >= 11 is 0. The van der Waals surface area contributed by atoms with Gasteiger partial charge in [0.05, 0.1) is 26.3 Å². The number of guanidine groups is 1. The monoisotopic (exact) mass is 557 g/mol. The molecule has 1 aliphatic heterocycles. The lowest BCUT2D eigenvalue weighted by Crippen LogP contribution is -2.42. The second-order valence-corrected chi connectivity index (χ2v) is 7.27. The van der Waals surface area contributed by atoms with E-state index in [2.05, 4.69) is 26.6 Å². The predicted octanol–water partition coefficient (Wildman–Crippen LogP) is 3.59. The van der Waals surface area contributed by atoms with Crippen LogP contribution in [0.25, 0.3) is 0 Å². The number of aliphatic imine (C=N–C) groups is 1. The Hall–Kier alpha value is -2.14. The molecular formula is C23H33FIN5O2. The van der Waals surface area contributed by atoms with E-state index >= 15 is 0 Å². The zero-order valence-electron chi connectivity index (χ0n) is 18.7. The van der Waals surface area contributed by atoms with E-state index in [1.807, 2.05) is 26.1 Å². The Morgan fingerprint density at radius 3 is 2.75 bits per heavy atom. The summed E-state index contributed by atoms with van der Waals surface area (Å²) in [7, 11) is 0. The highest BCUT2D eigenvalue weighted by Crippen LogP contribution is 2.19. The molecule has 1 fully saturated rings. The Bertz CT molecular complexity index is 849. The molecule has 1 aromatic heterocycles. The lowest BCUT2D eigenvalue weighted by atomic mass is 10.2. The van der Waals surface area contributed by atoms with Crippen LogP contribution in [0.3, 0.4) is 0 Å². The molecule has 3 rings (SSSR count). The van der Waals surface area contributed by atoms with E-state index in [4.69, 9.17) is 14.5 Å². The highest BCUT2D eigenvalue weighted by atomic mass is 127. The summed E-state index contributed by atoms with van der Waals surface area (Å²) in [4.78, 5) is 11.6. The van der Waals surface area contributed by atoms with Gasteiger partial charge >= 0.3 is 0 Å². The molecule has 0 radical (unpaired) electrons. The number of ether oxygens (including phenoxy) is 2. The van der Waals surface area contributed by atoms with Gasteiger partial charge in [0.25, 0.3) is 0 Å². The van der Waals surface area contributed by atoms with Crippen LogP contribution in [-0.4, -0.2) is 56.4 Å². The van der Waals surface area contributed by atoms with Crippen LogP contribution < -0.4 is 20.3 Å². The van der Waals surface area contributed by atoms with Crippen molar-refractivity contribution in [2.75, 3.05) is 44.3 Å². The number of hydrogen-bond donors (Lipinski definition) is 2. The zero-order chi connectivity index (χ0) is 21.9. The molecule has 0 aliphatic carbocycles. The smallest absolute Gasteiger partial charge is 0.191 e. The van der Waals surface area contributed by atoms with Gasteiger partial charge in [-0.2, -0.15) is 0 Å². The van der Waals surface area contributed by atoms with Gasteiger partial charge in [-0.1, -0.05) is 19.1 Å². The number of rotatable bonds is 9. The van der Waals surface area contributed by atoms with Gasteiger partial charge in [0, 0.05) is 37.5 Å². The minimum absolute atomic E-state index is 0. The molecule has 2 N–H and O–H groups in total. The molecule has 1 unspecified atom stereocenters. The summed E-state index contributed by atoms with van der Waals surface area (Å²) in [5, 5.41) is 6.62. The van der Waals surface area contributed by atoms with Crippen molar-refractivity contribution in [1.29, 1.82) is 0 Å². The number of nitrogens with one attached hydrogen (secondary N) is 2. The SMILES string of the molecule is CCNC(=NCc1cccnc1N1CCOCC1)NCC(CC)Oc1cccc(F)c1.I. The summed E-state index contributed by atoms with van der Waals surface area (Å²) in [6.45, 7) is 8.99. The largest absolute Gasteiger partial charge is 0.489 e. The van der Waals surface area contributed by atoms with E-state index < -0.39 is 0 Å². The second kappa shape index (κ2) is 14.1. The molecule has 1 aromatic carbocycles. The molecule has 1 saturated heterocycles. The molecule has 1 atom stereocenters. The number of nitrogens with zero attached hydrogens (tertiary/aromatic N) is 3. The summed E-state index contributed by atoms with van der Waals surface area (Å²) < 4.78 is 24.8. The van der Waals surface area contributed by atoms with Crippen LogP contribution in [0.2, 0.25) is 0 Å². The fourth-order valence-electron chi connectivity index (χ4n) is 3.33. The summed E-state index contributed by atoms with van der Waals surface area (Å²) in [5.74, 6) is 1.90. The van der Waals surface area contributed by atoms with Crippen molar-refractivity contribution in [3.63, 3.8) is 0 Å². The van der Waals surface area contributed by atoms with Gasteiger partial charge < -0.3 is 25.0 Å². The Morgan fingerprint density at radius 1 is 1.22 bits per heavy atom. The first kappa shape index (κ1) is 26.1. The van der Waals surface area contributed by atoms with Gasteiger partial charge in [0.1, 0.15) is 23.5 Å². The third-order valence-corrected chi connectivity index (χ3v) is 4.98. The Labute approximate surface area is 206 Å². The Balaban J connectivity index is 0.00000363. The number of morpholine rings is 1. The predicted molar refractivity (Wildman–Crippen MR) is 137 cm³/mol. The van der Waals surface area contributed by atoms with E-state index in [0.717, 1.165) is 37.4 Å². The maximum atomic E-state index is 13.4. The van der Waals surface area contributed by atoms with Crippen LogP contribution in [0.4, 0.5) is 10.2 Å². The number of benzene rings is 1. The minimum Gasteiger partial charge on any atom is -0.489 e. The average molecular weight is 557 g/mol. The van der Waals surface area contributed by atoms with Crippen molar-refractivity contribution >= 4 is 35.8 Å². The fraction of sp³-hybridized carbons (Fsp3) is 0.478. The van der Waals surface area contributed by atoms with Gasteiger partial charge in [0.15, 0.2) is 5.96 Å². The number of hydrogen-bond acceptors (Lipinski definition) is 5. The van der Waals surface area contributed by atoms with Crippen molar-refractivity contribution in [3.05, 3.63) is 54.0 Å². The zero-order valence-corrected chi connectivity index (χ0v) is 21.1. The molecule has 7 nitrogen and oxygen atoms in total. The van der Waals surface area contributed by atoms with Crippen molar-refractivity contribution in [1.82, 2.24) is 15.6 Å². The van der Waals surface area contributed by atoms with Crippen molar-refractivity contribution in [2.24, 2.45) is 4.99 Å². The number of halogens is 2. The van der Waals surface area contributed by atoms with E-state index in [9.17, 15) is 4.39 Å². The summed E-state index contributed by atoms with van der Waals surface area (Å²) in [6.07, 6.45) is 2.50. The molecule has 32 heavy (non-hydrogen) atoms. The average Bonchev–Trinajstić information content (AvgIpc) is 2.80. The Morgan fingerprint density at radius 2 is 2.03 bits per heavy atom. The van der Waals surface area contributed by atoms with E-state index in [1.54, 1.807) is 12.1 Å². The van der Waals surface area contributed by atoms with Gasteiger partial charge in [-0.25, -0.2) is 14.4 Å². The van der Waals surface area contributed by atoms with E-state index in [-0.39, 0.29) is 35.9 Å². The molecule has 0 saturated carbocycles. The Kier molecular flexibility index (Phi) is 11.5. The molecular weight excluding hydrogens is 524 g/mol. The molecule has 2 heterocycles. The standard InChI is InChI=1S/C23H32FN5O2.HI/c1-3-20(31-21-9-5-8-19(24)15-21)17-28-23(25-4-2)27-16-18-7-6-10-26-22(18)29-11-13-30-14-12-29;/h5-10,15,20H,3-4,11-14,16-17H2,1-2H3,(H2,25,27,28);1H. The third-order valence-electron chi connectivity index (χ3n) is 4.98. The highest BCUT2D eigenvalue weighted by Gasteiger charge is 2.16. The molecule has 0 bridgehead atoms. The minimum atomic E-state index is -0.303. The fourth-order valence-corrected chi connectivity index (χ4v) is 3.33. The quantitative estimate of drug-likeness (QED) is 0.279. The van der Waals surface area contributed by atoms with Crippen molar-refractivity contribution in [3.8, 4) is 5.75 Å². The summed E-state index contributed by atoms with van der Waals surface area (Å²) in [6, 6.07) is 10.2. The van der Waals surface area contributed by atoms with Crippen LogP contribution in [0.1, 0.15) is 25.8 Å². The van der Waals surface area contributed by atoms with E-state index in [0.29, 0.717) is 38.0 Å². The summed E-state index contributed by atoms with van der Waals surface area (Å²) in [5.41, 5.74) is 1.07. The highest BCUT2D eigenvalue weighted by molar-refractivity contribution is 14.0. The molecule has 0 spiro atoms. The maximum Gasteiger partial charge on any atom is 0.191 e. The normalized spacial score (nSPS) is 15.0. The number of pyridine rings is 1. The molecule has 9 heteroatoms. The van der Waals surface area contributed by atoms with Gasteiger partial charge in [-0.3, -0.25) is 0 Å². The number of aromatic nitrogens is 1. The number of anilines is 1. The molecule has 0 amide bonds. The van der Waals surface area contributed by atoms with Gasteiger partial charge in [-0.15, -0.1) is 24.0 Å². The lowest BCUT2D eigenvalue weighted by molar-refractivity contribution is 0.122. The van der Waals surface area contributed by atoms with Gasteiger partial charge in [0.2, 0.25) is 0 Å². The van der Waals surface area contributed by atoms with Gasteiger partial charge in [-0.05, 0) is 31.5 Å². The van der Waals surface area contributed by atoms with Crippen LogP contribution >= 0.6 is 24.0 Å². The van der Waals surface area contributed by atoms with Crippen LogP contribution in [0.5, 0.6) is 5.75 Å². The van der Waals surface area contributed by atoms with Crippen LogP contribution in [0.15, 0.2) is 47.6 Å². The topological polar surface area (TPSA) is 71.0 Å². The molecule has 1 aliphatic rings. The van der Waals surface area contributed by atoms with Crippen molar-refractivity contribution < 1.29 is 13.9 Å². The first-order chi connectivity index (χ1) is 15.2. The second-order valence-electron chi connectivity index (χ2n) is 7.27. The van der Waals surface area contributed by atoms with Crippen LogP contribution in [-0.2, 0) is 11.3 Å². The maximum absolute atomic E-state index is 13.4. The molecule has 176 valence electrons. The van der Waals surface area contributed by atoms with Crippen molar-refractivity contribution in [2.45, 2.75) is 32.9 Å². The first-order valence-corrected chi connectivity index (χ1v) is 10.9.